The Morgan fingerprint density at radius 3 is 1.95 bits per heavy atom. The lowest BCUT2D eigenvalue weighted by Crippen LogP contribution is -2.25. The minimum absolute atomic E-state index is 0.00224. The van der Waals surface area contributed by atoms with E-state index in [1.54, 1.807) is 0 Å². The number of hydrogen-bond donors (Lipinski definition) is 0. The van der Waals surface area contributed by atoms with Gasteiger partial charge in [0.25, 0.3) is 0 Å². The van der Waals surface area contributed by atoms with Crippen LogP contribution in [0.1, 0.15) is 65.2 Å². The molecule has 0 spiro atoms. The van der Waals surface area contributed by atoms with Crippen LogP contribution in [0.5, 0.6) is 11.5 Å². The first-order valence-electron chi connectivity index (χ1n) is 19.7. The van der Waals surface area contributed by atoms with E-state index < -0.39 is 0 Å². The fourth-order valence-corrected chi connectivity index (χ4v) is 7.85. The van der Waals surface area contributed by atoms with Gasteiger partial charge in [0.1, 0.15) is 17.3 Å². The molecule has 0 amide bonds. The molecule has 0 unspecified atom stereocenters. The molecule has 0 fully saturated rings. The van der Waals surface area contributed by atoms with E-state index in [9.17, 15) is 0 Å². The average molecular weight is 725 g/mol. The van der Waals surface area contributed by atoms with Crippen LogP contribution >= 0.6 is 0 Å². The maximum Gasteiger partial charge on any atom is 0.137 e. The molecular weight excluding hydrogens is 673 g/mol. The van der Waals surface area contributed by atoms with E-state index in [-0.39, 0.29) is 5.41 Å². The van der Waals surface area contributed by atoms with Gasteiger partial charge < -0.3 is 14.5 Å². The number of nitrogens with zero attached hydrogens (tertiary/aromatic N) is 4. The number of hydrogen-bond acceptors (Lipinski definition) is 4. The van der Waals surface area contributed by atoms with Crippen LogP contribution in [0, 0.1) is 11.8 Å². The Labute approximate surface area is 326 Å². The number of rotatable bonds is 10. The van der Waals surface area contributed by atoms with Crippen LogP contribution in [0.3, 0.4) is 0 Å². The van der Waals surface area contributed by atoms with Crippen LogP contribution in [0.4, 0.5) is 11.4 Å². The number of anilines is 2. The maximum absolute atomic E-state index is 6.83. The third-order valence-corrected chi connectivity index (χ3v) is 10.4. The fraction of sp³-hybridized carbons (Fsp3) is 0.260. The Kier molecular flexibility index (Phi) is 9.73. The minimum Gasteiger partial charge on any atom is -0.457 e. The van der Waals surface area contributed by atoms with Crippen LogP contribution in [-0.4, -0.2) is 16.2 Å². The Morgan fingerprint density at radius 1 is 0.600 bits per heavy atom. The molecule has 55 heavy (non-hydrogen) atoms. The molecule has 5 aromatic carbocycles. The van der Waals surface area contributed by atoms with E-state index in [1.165, 1.54) is 33.2 Å². The molecule has 1 aliphatic heterocycles. The van der Waals surface area contributed by atoms with Gasteiger partial charge in [-0.15, -0.1) is 0 Å². The first-order chi connectivity index (χ1) is 26.5. The third kappa shape index (κ3) is 7.75. The Balaban J connectivity index is 1.16. The molecule has 0 radical (unpaired) electrons. The highest BCUT2D eigenvalue weighted by Crippen LogP contribution is 2.39. The zero-order chi connectivity index (χ0) is 38.3. The summed E-state index contributed by atoms with van der Waals surface area (Å²) in [5.74, 6) is 3.68. The van der Waals surface area contributed by atoms with E-state index in [4.69, 9.17) is 9.72 Å². The van der Waals surface area contributed by atoms with Crippen molar-refractivity contribution in [2.45, 2.75) is 66.7 Å². The topological polar surface area (TPSA) is 33.5 Å². The summed E-state index contributed by atoms with van der Waals surface area (Å²) >= 11 is 0. The highest BCUT2D eigenvalue weighted by atomic mass is 16.5. The third-order valence-electron chi connectivity index (χ3n) is 10.4. The molecule has 5 heteroatoms. The summed E-state index contributed by atoms with van der Waals surface area (Å²) in [7, 11) is 0. The van der Waals surface area contributed by atoms with Gasteiger partial charge in [-0.3, -0.25) is 4.57 Å². The van der Waals surface area contributed by atoms with Crippen molar-refractivity contribution in [1.29, 1.82) is 0 Å². The highest BCUT2D eigenvalue weighted by Gasteiger charge is 2.21. The molecule has 278 valence electrons. The van der Waals surface area contributed by atoms with Gasteiger partial charge >= 0.3 is 0 Å². The van der Waals surface area contributed by atoms with Gasteiger partial charge in [0.15, 0.2) is 0 Å². The van der Waals surface area contributed by atoms with Crippen LogP contribution in [-0.2, 0) is 18.3 Å². The van der Waals surface area contributed by atoms with Crippen molar-refractivity contribution in [2.75, 3.05) is 16.5 Å². The van der Waals surface area contributed by atoms with Crippen LogP contribution in [0.2, 0.25) is 0 Å². The summed E-state index contributed by atoms with van der Waals surface area (Å²) in [5.41, 5.74) is 10.8. The van der Waals surface area contributed by atoms with Crippen LogP contribution < -0.4 is 14.5 Å². The molecule has 5 nitrogen and oxygen atoms in total. The SMILES string of the molecule is CC(C)Cc1cc(CC(C)C)cc(N2C=CN(c3cc(Oc4ccc5c6ccccc6n(-c6cc(C(C)(C)C)ccn6)c5c4)cc(-c4ccccc4)c3)C2)c1. The second kappa shape index (κ2) is 14.8. The first kappa shape index (κ1) is 36.2. The van der Waals surface area contributed by atoms with E-state index in [2.05, 4.69) is 197 Å². The van der Waals surface area contributed by atoms with Crippen molar-refractivity contribution >= 4 is 33.2 Å². The molecule has 0 saturated carbocycles. The summed E-state index contributed by atoms with van der Waals surface area (Å²) in [5, 5.41) is 2.36. The molecule has 1 aliphatic rings. The molecule has 0 saturated heterocycles. The monoisotopic (exact) mass is 724 g/mol. The molecular formula is C50H52N4O. The van der Waals surface area contributed by atoms with Crippen molar-refractivity contribution < 1.29 is 4.74 Å². The normalized spacial score (nSPS) is 13.3. The second-order valence-electron chi connectivity index (χ2n) is 17.0. The van der Waals surface area contributed by atoms with Crippen molar-refractivity contribution in [3.8, 4) is 28.4 Å². The maximum atomic E-state index is 6.83. The van der Waals surface area contributed by atoms with E-state index in [0.717, 1.165) is 64.7 Å². The van der Waals surface area contributed by atoms with E-state index >= 15 is 0 Å². The van der Waals surface area contributed by atoms with Gasteiger partial charge in [-0.2, -0.15) is 0 Å². The lowest BCUT2D eigenvalue weighted by atomic mass is 9.88. The highest BCUT2D eigenvalue weighted by molar-refractivity contribution is 6.09. The molecule has 0 aliphatic carbocycles. The summed E-state index contributed by atoms with van der Waals surface area (Å²) in [4.78, 5) is 9.55. The molecule has 0 N–H and O–H groups in total. The summed E-state index contributed by atoms with van der Waals surface area (Å²) < 4.78 is 9.10. The van der Waals surface area contributed by atoms with Crippen molar-refractivity contribution in [3.63, 3.8) is 0 Å². The number of fused-ring (bicyclic) bond motifs is 3. The molecule has 8 rings (SSSR count). The second-order valence-corrected chi connectivity index (χ2v) is 17.0. The van der Waals surface area contributed by atoms with Crippen LogP contribution in [0.15, 0.2) is 140 Å². The zero-order valence-corrected chi connectivity index (χ0v) is 33.3. The van der Waals surface area contributed by atoms with Gasteiger partial charge in [-0.25, -0.2) is 4.98 Å². The fourth-order valence-electron chi connectivity index (χ4n) is 7.85. The minimum atomic E-state index is 0.00224. The van der Waals surface area contributed by atoms with E-state index in [0.29, 0.717) is 11.8 Å². The number of para-hydroxylation sites is 1. The predicted octanol–water partition coefficient (Wildman–Crippen LogP) is 13.1. The quantitative estimate of drug-likeness (QED) is 0.141. The largest absolute Gasteiger partial charge is 0.457 e. The average Bonchev–Trinajstić information content (AvgIpc) is 3.78. The summed E-state index contributed by atoms with van der Waals surface area (Å²) in [6, 6.07) is 43.6. The van der Waals surface area contributed by atoms with Gasteiger partial charge in [-0.1, -0.05) is 103 Å². The lowest BCUT2D eigenvalue weighted by Gasteiger charge is -2.24. The summed E-state index contributed by atoms with van der Waals surface area (Å²) in [6.45, 7) is 16.6. The van der Waals surface area contributed by atoms with Crippen molar-refractivity contribution in [1.82, 2.24) is 9.55 Å². The van der Waals surface area contributed by atoms with Gasteiger partial charge in [-0.05, 0) is 113 Å². The predicted molar refractivity (Wildman–Crippen MR) is 232 cm³/mol. The van der Waals surface area contributed by atoms with Crippen molar-refractivity contribution in [3.05, 3.63) is 157 Å². The standard InChI is InChI=1S/C50H52N4O/c1-34(2)23-36-25-37(24-35(3)4)27-41(26-36)52-21-22-53(33-52)42-28-39(38-13-9-8-10-14-38)29-44(31-42)55-43-17-18-46-45-15-11-12-16-47(45)54(48(46)32-43)49-30-40(19-20-51-49)50(5,6)7/h8-22,25-32,34-35H,23-24,33H2,1-7H3. The van der Waals surface area contributed by atoms with Gasteiger partial charge in [0, 0.05) is 52.9 Å². The number of aromatic nitrogens is 2. The van der Waals surface area contributed by atoms with Crippen LogP contribution in [0.25, 0.3) is 38.8 Å². The Morgan fingerprint density at radius 2 is 1.25 bits per heavy atom. The molecule has 2 aromatic heterocycles. The van der Waals surface area contributed by atoms with Crippen molar-refractivity contribution in [2.24, 2.45) is 11.8 Å². The number of pyridine rings is 1. The summed E-state index contributed by atoms with van der Waals surface area (Å²) in [6.07, 6.45) is 8.47. The van der Waals surface area contributed by atoms with Gasteiger partial charge in [0.2, 0.25) is 0 Å². The smallest absolute Gasteiger partial charge is 0.137 e. The first-order valence-corrected chi connectivity index (χ1v) is 19.7. The number of ether oxygens (including phenoxy) is 1. The Hall–Kier alpha value is -5.81. The molecule has 3 heterocycles. The molecule has 0 bridgehead atoms. The number of benzene rings is 5. The Bertz CT molecular complexity index is 2470. The van der Waals surface area contributed by atoms with Gasteiger partial charge in [0.05, 0.1) is 17.7 Å². The lowest BCUT2D eigenvalue weighted by molar-refractivity contribution is 0.483. The molecule has 0 atom stereocenters. The van der Waals surface area contributed by atoms with E-state index in [1.807, 2.05) is 6.20 Å². The molecule has 7 aromatic rings. The zero-order valence-electron chi connectivity index (χ0n) is 33.3.